The number of aliphatic carboxylic acids is 1. The largest absolute Gasteiger partial charge is 0.481 e. The summed E-state index contributed by atoms with van der Waals surface area (Å²) < 4.78 is 0. The first-order chi connectivity index (χ1) is 20.4. The zero-order valence-electron chi connectivity index (χ0n) is 27.5. The van der Waals surface area contributed by atoms with Crippen LogP contribution in [0.25, 0.3) is 0 Å². The molecular formula is C35H50N2O6S. The summed E-state index contributed by atoms with van der Waals surface area (Å²) in [7, 11) is 0. The van der Waals surface area contributed by atoms with Crippen LogP contribution in [0, 0.1) is 50.2 Å². The maximum atomic E-state index is 12.9. The Kier molecular flexibility index (Phi) is 7.35. The lowest BCUT2D eigenvalue weighted by Gasteiger charge is -2.70. The van der Waals surface area contributed by atoms with Crippen LogP contribution in [-0.2, 0) is 19.2 Å². The third kappa shape index (κ3) is 4.48. The zero-order valence-corrected chi connectivity index (χ0v) is 28.3. The first-order valence-electron chi connectivity index (χ1n) is 16.6. The van der Waals surface area contributed by atoms with E-state index < -0.39 is 33.7 Å². The Bertz CT molecular complexity index is 1370. The van der Waals surface area contributed by atoms with Gasteiger partial charge in [-0.3, -0.25) is 19.7 Å². The van der Waals surface area contributed by atoms with E-state index in [1.807, 2.05) is 0 Å². The van der Waals surface area contributed by atoms with Crippen molar-refractivity contribution in [1.29, 1.82) is 0 Å². The van der Waals surface area contributed by atoms with E-state index in [0.717, 1.165) is 81.7 Å². The molecule has 2 N–H and O–H groups in total. The van der Waals surface area contributed by atoms with E-state index in [1.54, 1.807) is 0 Å². The van der Waals surface area contributed by atoms with E-state index in [9.17, 15) is 24.3 Å². The van der Waals surface area contributed by atoms with Crippen molar-refractivity contribution in [2.24, 2.45) is 55.4 Å². The van der Waals surface area contributed by atoms with E-state index in [-0.39, 0.29) is 39.4 Å². The molecule has 0 aromatic carbocycles. The molecule has 2 amide bonds. The van der Waals surface area contributed by atoms with E-state index >= 15 is 0 Å². The van der Waals surface area contributed by atoms with Crippen molar-refractivity contribution in [1.82, 2.24) is 5.32 Å². The van der Waals surface area contributed by atoms with Crippen molar-refractivity contribution >= 4 is 40.6 Å². The fourth-order valence-electron chi connectivity index (χ4n) is 11.4. The van der Waals surface area contributed by atoms with Gasteiger partial charge in [0.1, 0.15) is 5.25 Å². The summed E-state index contributed by atoms with van der Waals surface area (Å²) in [5, 5.41) is 16.0. The third-order valence-corrected chi connectivity index (χ3v) is 15.2. The summed E-state index contributed by atoms with van der Waals surface area (Å²) in [6.45, 7) is 16.6. The van der Waals surface area contributed by atoms with Gasteiger partial charge in [0.15, 0.2) is 0 Å². The second-order valence-electron chi connectivity index (χ2n) is 17.0. The molecule has 1 heterocycles. The molecule has 1 aliphatic heterocycles. The molecule has 44 heavy (non-hydrogen) atoms. The van der Waals surface area contributed by atoms with Crippen LogP contribution in [-0.4, -0.2) is 39.2 Å². The number of nitrogens with one attached hydrogen (secondary N) is 1. The quantitative estimate of drug-likeness (QED) is 0.188. The molecule has 8 atom stereocenters. The van der Waals surface area contributed by atoms with Gasteiger partial charge in [-0.25, -0.2) is 4.79 Å². The fourth-order valence-corrected chi connectivity index (χ4v) is 12.2. The molecular weight excluding hydrogens is 576 g/mol. The first kappa shape index (κ1) is 31.8. The average molecular weight is 627 g/mol. The summed E-state index contributed by atoms with van der Waals surface area (Å²) in [6, 6.07) is 0. The van der Waals surface area contributed by atoms with Gasteiger partial charge in [-0.15, -0.1) is 0 Å². The van der Waals surface area contributed by atoms with E-state index in [2.05, 4.69) is 65.0 Å². The Balaban J connectivity index is 1.26. The van der Waals surface area contributed by atoms with Crippen molar-refractivity contribution in [3.63, 3.8) is 0 Å². The minimum Gasteiger partial charge on any atom is -0.481 e. The number of carboxylic acid groups (broad SMARTS) is 1. The molecule has 6 aliphatic rings. The van der Waals surface area contributed by atoms with E-state index in [0.29, 0.717) is 11.8 Å². The standard InChI is InChI=1S/C35H50N2O6S/c1-30(2)14-16-35(28(40)41)17-15-33(6)20(21(35)19-30)8-9-24-32(5)12-11-25(31(3,4)23(32)10-13-34(24,33)7)37-43-26(38)18-22-27(39)36-29(42)44-22/h8,21-24H,9-19H2,1-7H3,(H,40,41)(H,36,39,42)/b37-25-/t21-,22+,23+,24+,32+,33-,34-,35+/m1/s1. The van der Waals surface area contributed by atoms with Crippen molar-refractivity contribution in [2.45, 2.75) is 124 Å². The van der Waals surface area contributed by atoms with Crippen LogP contribution in [0.2, 0.25) is 0 Å². The lowest BCUT2D eigenvalue weighted by atomic mass is 9.33. The van der Waals surface area contributed by atoms with Gasteiger partial charge in [-0.05, 0) is 104 Å². The Morgan fingerprint density at radius 1 is 1.00 bits per heavy atom. The number of rotatable bonds is 4. The maximum Gasteiger partial charge on any atom is 0.336 e. The minimum absolute atomic E-state index is 0.0269. The minimum atomic E-state index is -0.764. The number of hydrogen-bond acceptors (Lipinski definition) is 7. The molecule has 0 aromatic rings. The molecule has 4 saturated carbocycles. The number of fused-ring (bicyclic) bond motifs is 7. The number of oxime groups is 1. The number of thioether (sulfide) groups is 1. The highest BCUT2D eigenvalue weighted by Gasteiger charge is 2.69. The topological polar surface area (TPSA) is 122 Å². The number of carbonyl (C=O) groups excluding carboxylic acids is 3. The van der Waals surface area contributed by atoms with E-state index in [1.165, 1.54) is 5.57 Å². The summed E-state index contributed by atoms with van der Waals surface area (Å²) >= 11 is 0.820. The Morgan fingerprint density at radius 3 is 2.36 bits per heavy atom. The van der Waals surface area contributed by atoms with Gasteiger partial charge >= 0.3 is 11.9 Å². The molecule has 0 spiro atoms. The van der Waals surface area contributed by atoms with Gasteiger partial charge in [0.25, 0.3) is 5.24 Å². The maximum absolute atomic E-state index is 12.9. The second-order valence-corrected chi connectivity index (χ2v) is 18.2. The van der Waals surface area contributed by atoms with Crippen molar-refractivity contribution < 1.29 is 29.1 Å². The normalized spacial score (nSPS) is 44.8. The van der Waals surface area contributed by atoms with Gasteiger partial charge in [-0.2, -0.15) is 0 Å². The number of carboxylic acids is 1. The SMILES string of the molecule is CC1(C)CC[C@]2(C(=O)O)CC[C@]3(C)C(=CC[C@H]4[C@@]5(C)CC/C(=N/OC(=O)C[C@@H]6SC(=O)NC6=O)C(C)(C)[C@@H]5CC[C@]43C)[C@H]2C1. The van der Waals surface area contributed by atoms with Crippen LogP contribution in [0.1, 0.15) is 119 Å². The number of hydrogen-bond donors (Lipinski definition) is 2. The first-order valence-corrected chi connectivity index (χ1v) is 17.5. The van der Waals surface area contributed by atoms with Gasteiger partial charge in [-0.1, -0.05) is 77.0 Å². The summed E-state index contributed by atoms with van der Waals surface area (Å²) in [6.07, 6.45) is 11.5. The predicted molar refractivity (Wildman–Crippen MR) is 170 cm³/mol. The van der Waals surface area contributed by atoms with Crippen molar-refractivity contribution in [3.8, 4) is 0 Å². The fraction of sp³-hybridized carbons (Fsp3) is 0.800. The molecule has 9 heteroatoms. The van der Waals surface area contributed by atoms with Crippen LogP contribution in [0.15, 0.2) is 16.8 Å². The molecule has 242 valence electrons. The average Bonchev–Trinajstić information content (AvgIpc) is 3.23. The molecule has 1 saturated heterocycles. The Hall–Kier alpha value is -2.16. The highest BCUT2D eigenvalue weighted by atomic mass is 32.2. The number of amides is 2. The van der Waals surface area contributed by atoms with Gasteiger partial charge in [0.05, 0.1) is 17.5 Å². The lowest BCUT2D eigenvalue weighted by molar-refractivity contribution is -0.179. The van der Waals surface area contributed by atoms with E-state index in [4.69, 9.17) is 4.84 Å². The molecule has 0 bridgehead atoms. The summed E-state index contributed by atoms with van der Waals surface area (Å²) in [5.41, 5.74) is 1.70. The van der Waals surface area contributed by atoms with Gasteiger partial charge in [0.2, 0.25) is 5.91 Å². The van der Waals surface area contributed by atoms with Crippen LogP contribution >= 0.6 is 11.8 Å². The Labute approximate surface area is 265 Å². The molecule has 5 fully saturated rings. The summed E-state index contributed by atoms with van der Waals surface area (Å²) in [4.78, 5) is 54.2. The molecule has 5 aliphatic carbocycles. The molecule has 0 radical (unpaired) electrons. The van der Waals surface area contributed by atoms with Crippen LogP contribution in [0.3, 0.4) is 0 Å². The highest BCUT2D eigenvalue weighted by Crippen LogP contribution is 2.75. The van der Waals surface area contributed by atoms with Gasteiger partial charge in [0, 0.05) is 5.41 Å². The predicted octanol–water partition coefficient (Wildman–Crippen LogP) is 7.51. The smallest absolute Gasteiger partial charge is 0.336 e. The molecule has 8 nitrogen and oxygen atoms in total. The molecule has 0 aromatic heterocycles. The third-order valence-electron chi connectivity index (χ3n) is 14.2. The number of allylic oxidation sites excluding steroid dienone is 2. The van der Waals surface area contributed by atoms with Crippen LogP contribution in [0.5, 0.6) is 0 Å². The summed E-state index contributed by atoms with van der Waals surface area (Å²) in [5.74, 6) is -0.713. The number of imide groups is 1. The van der Waals surface area contributed by atoms with Crippen LogP contribution in [0.4, 0.5) is 4.79 Å². The van der Waals surface area contributed by atoms with Crippen molar-refractivity contribution in [2.75, 3.05) is 0 Å². The van der Waals surface area contributed by atoms with Gasteiger partial charge < -0.3 is 9.94 Å². The monoisotopic (exact) mass is 626 g/mol. The van der Waals surface area contributed by atoms with Crippen molar-refractivity contribution in [3.05, 3.63) is 11.6 Å². The number of carbonyl (C=O) groups is 4. The van der Waals surface area contributed by atoms with Crippen LogP contribution < -0.4 is 5.32 Å². The second kappa shape index (κ2) is 10.2. The zero-order chi connectivity index (χ0) is 32.1. The molecule has 6 rings (SSSR count). The lowest BCUT2D eigenvalue weighted by Crippen LogP contribution is -2.64. The number of nitrogens with zero attached hydrogens (tertiary/aromatic N) is 1. The Morgan fingerprint density at radius 2 is 1.70 bits per heavy atom. The highest BCUT2D eigenvalue weighted by molar-refractivity contribution is 8.15. The molecule has 0 unspecified atom stereocenters.